The van der Waals surface area contributed by atoms with Gasteiger partial charge in [0.2, 0.25) is 0 Å². The molecule has 2 aliphatic rings. The highest BCUT2D eigenvalue weighted by atomic mass is 35.5. The number of pyridine rings is 1. The van der Waals surface area contributed by atoms with Crippen molar-refractivity contribution < 1.29 is 4.74 Å². The van der Waals surface area contributed by atoms with E-state index in [-0.39, 0.29) is 6.10 Å². The predicted octanol–water partition coefficient (Wildman–Crippen LogP) is 5.65. The second-order valence-corrected chi connectivity index (χ2v) is 10.3. The van der Waals surface area contributed by atoms with Crippen LogP contribution in [-0.4, -0.2) is 24.5 Å². The zero-order valence-electron chi connectivity index (χ0n) is 20.5. The Morgan fingerprint density at radius 2 is 1.94 bits per heavy atom. The van der Waals surface area contributed by atoms with Gasteiger partial charge < -0.3 is 10.5 Å². The fraction of sp³-hybridized carbons (Fsp3) is 0.370. The van der Waals surface area contributed by atoms with Gasteiger partial charge in [0.15, 0.2) is 11.6 Å². The van der Waals surface area contributed by atoms with Gasteiger partial charge in [-0.05, 0) is 45.6 Å². The SMILES string of the molecule is Cc1ccc2c(c1)[C@@H](C)Oc1cc(cnc1N)-c1c(c(C)nn1CC1CC1)Cc1c-2nn(C)c1Cl. The van der Waals surface area contributed by atoms with Crippen LogP contribution in [0.3, 0.4) is 0 Å². The first kappa shape index (κ1) is 22.2. The lowest BCUT2D eigenvalue weighted by Crippen LogP contribution is -2.10. The predicted molar refractivity (Wildman–Crippen MR) is 138 cm³/mol. The van der Waals surface area contributed by atoms with E-state index in [0.717, 1.165) is 57.0 Å². The number of halogens is 1. The van der Waals surface area contributed by atoms with Gasteiger partial charge in [0, 0.05) is 54.0 Å². The largest absolute Gasteiger partial charge is 0.482 e. The maximum atomic E-state index is 6.87. The van der Waals surface area contributed by atoms with E-state index < -0.39 is 0 Å². The normalized spacial score (nSPS) is 17.0. The van der Waals surface area contributed by atoms with Crippen LogP contribution in [0.4, 0.5) is 5.82 Å². The van der Waals surface area contributed by atoms with Gasteiger partial charge in [-0.2, -0.15) is 10.2 Å². The molecular weight excluding hydrogens is 460 g/mol. The van der Waals surface area contributed by atoms with Crippen molar-refractivity contribution in [2.24, 2.45) is 13.0 Å². The van der Waals surface area contributed by atoms with Gasteiger partial charge in [-0.15, -0.1) is 0 Å². The molecule has 1 saturated carbocycles. The van der Waals surface area contributed by atoms with Crippen molar-refractivity contribution in [3.05, 3.63) is 63.6 Å². The second kappa shape index (κ2) is 8.12. The molecule has 0 spiro atoms. The quantitative estimate of drug-likeness (QED) is 0.394. The van der Waals surface area contributed by atoms with Crippen LogP contribution in [0, 0.1) is 19.8 Å². The third-order valence-electron chi connectivity index (χ3n) is 7.16. The van der Waals surface area contributed by atoms with Crippen LogP contribution in [0.5, 0.6) is 5.75 Å². The van der Waals surface area contributed by atoms with Crippen molar-refractivity contribution in [2.45, 2.75) is 52.7 Å². The van der Waals surface area contributed by atoms with Gasteiger partial charge in [-0.3, -0.25) is 9.36 Å². The molecule has 0 saturated heterocycles. The van der Waals surface area contributed by atoms with Crippen molar-refractivity contribution in [3.8, 4) is 28.3 Å². The standard InChI is InChI=1S/C27H29ClN6O/c1-14-5-8-19-21(9-14)16(3)35-23-10-18(12-30-27(23)29)25-20(11-22-24(19)32-33(4)26(22)28)15(2)31-34(25)13-17-6-7-17/h5,8-10,12,16-17H,6-7,11,13H2,1-4H3,(H2,29,30)/t16-/m1/s1. The summed E-state index contributed by atoms with van der Waals surface area (Å²) in [7, 11) is 1.89. The number of aromatic nitrogens is 5. The summed E-state index contributed by atoms with van der Waals surface area (Å²) in [5.41, 5.74) is 15.5. The first-order valence-corrected chi connectivity index (χ1v) is 12.5. The topological polar surface area (TPSA) is 83.8 Å². The molecule has 0 radical (unpaired) electrons. The molecule has 6 rings (SSSR count). The Morgan fingerprint density at radius 1 is 1.14 bits per heavy atom. The molecule has 1 aromatic carbocycles. The van der Waals surface area contributed by atoms with E-state index in [1.165, 1.54) is 12.8 Å². The highest BCUT2D eigenvalue weighted by Crippen LogP contribution is 2.41. The van der Waals surface area contributed by atoms with E-state index in [0.29, 0.717) is 29.1 Å². The zero-order chi connectivity index (χ0) is 24.4. The maximum absolute atomic E-state index is 6.87. The smallest absolute Gasteiger partial charge is 0.166 e. The number of rotatable bonds is 2. The Bertz CT molecular complexity index is 1470. The molecule has 180 valence electrons. The van der Waals surface area contributed by atoms with Crippen LogP contribution in [0.25, 0.3) is 22.5 Å². The second-order valence-electron chi connectivity index (χ2n) is 9.91. The minimum absolute atomic E-state index is 0.269. The lowest BCUT2D eigenvalue weighted by atomic mass is 9.93. The van der Waals surface area contributed by atoms with Crippen LogP contribution in [0.1, 0.15) is 53.8 Å². The molecule has 2 bridgehead atoms. The highest BCUT2D eigenvalue weighted by Gasteiger charge is 2.29. The fourth-order valence-corrected chi connectivity index (χ4v) is 5.29. The molecular formula is C27H29ClN6O. The molecule has 1 aliphatic carbocycles. The van der Waals surface area contributed by atoms with Gasteiger partial charge in [0.25, 0.3) is 0 Å². The lowest BCUT2D eigenvalue weighted by molar-refractivity contribution is 0.228. The maximum Gasteiger partial charge on any atom is 0.166 e. The summed E-state index contributed by atoms with van der Waals surface area (Å²) in [6, 6.07) is 8.37. The summed E-state index contributed by atoms with van der Waals surface area (Å²) in [4.78, 5) is 4.52. The molecule has 1 aliphatic heterocycles. The molecule has 2 N–H and O–H groups in total. The van der Waals surface area contributed by atoms with Crippen molar-refractivity contribution in [3.63, 3.8) is 0 Å². The highest BCUT2D eigenvalue weighted by molar-refractivity contribution is 6.30. The van der Waals surface area contributed by atoms with E-state index in [9.17, 15) is 0 Å². The number of aryl methyl sites for hydroxylation is 3. The number of hydrogen-bond acceptors (Lipinski definition) is 5. The number of fused-ring (bicyclic) bond motifs is 7. The minimum Gasteiger partial charge on any atom is -0.482 e. The van der Waals surface area contributed by atoms with Crippen molar-refractivity contribution in [2.75, 3.05) is 5.73 Å². The van der Waals surface area contributed by atoms with E-state index in [2.05, 4.69) is 41.7 Å². The molecule has 4 aromatic rings. The Labute approximate surface area is 209 Å². The van der Waals surface area contributed by atoms with Crippen LogP contribution >= 0.6 is 11.6 Å². The van der Waals surface area contributed by atoms with E-state index in [1.807, 2.05) is 26.2 Å². The van der Waals surface area contributed by atoms with Crippen LogP contribution in [0.2, 0.25) is 5.15 Å². The number of anilines is 1. The Hall–Kier alpha value is -3.32. The summed E-state index contributed by atoms with van der Waals surface area (Å²) in [5, 5.41) is 10.5. The summed E-state index contributed by atoms with van der Waals surface area (Å²) in [6.07, 6.45) is 4.67. The number of nitrogen functional groups attached to an aromatic ring is 1. The summed E-state index contributed by atoms with van der Waals surface area (Å²) < 4.78 is 10.4. The zero-order valence-corrected chi connectivity index (χ0v) is 21.2. The Balaban J connectivity index is 1.65. The first-order valence-electron chi connectivity index (χ1n) is 12.1. The first-order chi connectivity index (χ1) is 16.8. The van der Waals surface area contributed by atoms with Crippen LogP contribution < -0.4 is 10.5 Å². The molecule has 1 atom stereocenters. The monoisotopic (exact) mass is 488 g/mol. The van der Waals surface area contributed by atoms with E-state index in [4.69, 9.17) is 32.3 Å². The van der Waals surface area contributed by atoms with E-state index in [1.54, 1.807) is 4.68 Å². The Morgan fingerprint density at radius 3 is 2.71 bits per heavy atom. The van der Waals surface area contributed by atoms with Gasteiger partial charge in [0.05, 0.1) is 17.1 Å². The molecule has 7 nitrogen and oxygen atoms in total. The minimum atomic E-state index is -0.269. The van der Waals surface area contributed by atoms with Gasteiger partial charge in [-0.1, -0.05) is 35.4 Å². The number of ether oxygens (including phenoxy) is 1. The number of hydrogen-bond donors (Lipinski definition) is 1. The third kappa shape index (κ3) is 3.78. The third-order valence-corrected chi connectivity index (χ3v) is 7.63. The van der Waals surface area contributed by atoms with Crippen LogP contribution in [-0.2, 0) is 20.0 Å². The molecule has 4 heterocycles. The number of nitrogens with zero attached hydrogens (tertiary/aromatic N) is 5. The van der Waals surface area contributed by atoms with Gasteiger partial charge >= 0.3 is 0 Å². The molecule has 3 aromatic heterocycles. The summed E-state index contributed by atoms with van der Waals surface area (Å²) in [6.45, 7) is 7.08. The molecule has 35 heavy (non-hydrogen) atoms. The summed E-state index contributed by atoms with van der Waals surface area (Å²) in [5.74, 6) is 1.62. The molecule has 0 unspecified atom stereocenters. The average molecular weight is 489 g/mol. The van der Waals surface area contributed by atoms with Crippen molar-refractivity contribution >= 4 is 17.4 Å². The Kier molecular flexibility index (Phi) is 5.14. The van der Waals surface area contributed by atoms with Crippen LogP contribution in [0.15, 0.2) is 30.5 Å². The fourth-order valence-electron chi connectivity index (χ4n) is 5.09. The number of nitrogens with two attached hydrogens (primary N) is 1. The average Bonchev–Trinajstić information content (AvgIpc) is 3.53. The number of benzene rings is 1. The summed E-state index contributed by atoms with van der Waals surface area (Å²) >= 11 is 6.87. The lowest BCUT2D eigenvalue weighted by Gasteiger charge is -2.21. The van der Waals surface area contributed by atoms with Crippen molar-refractivity contribution in [1.29, 1.82) is 0 Å². The molecule has 8 heteroatoms. The van der Waals surface area contributed by atoms with E-state index >= 15 is 0 Å². The molecule has 0 amide bonds. The van der Waals surface area contributed by atoms with Gasteiger partial charge in [-0.25, -0.2) is 4.98 Å². The van der Waals surface area contributed by atoms with Gasteiger partial charge in [0.1, 0.15) is 11.3 Å². The van der Waals surface area contributed by atoms with Crippen molar-refractivity contribution in [1.82, 2.24) is 24.5 Å². The molecule has 1 fully saturated rings.